The number of aliphatic hydroxyl groups is 1. The fraction of sp³-hybridized carbons (Fsp3) is 0.250. The molecule has 0 bridgehead atoms. The van der Waals surface area contributed by atoms with Crippen molar-refractivity contribution >= 4 is 9.84 Å². The smallest absolute Gasteiger partial charge is 0.197 e. The highest BCUT2D eigenvalue weighted by Crippen LogP contribution is 2.07. The zero-order valence-electron chi connectivity index (χ0n) is 7.21. The maximum Gasteiger partial charge on any atom is 0.197 e. The van der Waals surface area contributed by atoms with Crippen molar-refractivity contribution in [2.45, 2.75) is 5.03 Å². The number of sulfone groups is 1. The van der Waals surface area contributed by atoms with Crippen LogP contribution in [0.25, 0.3) is 0 Å². The maximum absolute atomic E-state index is 11.3. The number of aromatic nitrogens is 1. The molecule has 0 aromatic carbocycles. The van der Waals surface area contributed by atoms with Gasteiger partial charge in [-0.3, -0.25) is 0 Å². The van der Waals surface area contributed by atoms with Crippen LogP contribution < -0.4 is 0 Å². The molecule has 14 heavy (non-hydrogen) atoms. The van der Waals surface area contributed by atoms with Crippen LogP contribution in [0.15, 0.2) is 23.4 Å². The minimum absolute atomic E-state index is 0.120. The second-order valence-electron chi connectivity index (χ2n) is 2.54. The molecule has 1 aromatic heterocycles. The molecule has 6 heteroatoms. The number of hydrogen-bond donors (Lipinski definition) is 1. The van der Waals surface area contributed by atoms with Gasteiger partial charge in [-0.15, -0.1) is 0 Å². The minimum Gasteiger partial charge on any atom is -0.395 e. The quantitative estimate of drug-likeness (QED) is 0.744. The summed E-state index contributed by atoms with van der Waals surface area (Å²) in [5.74, 6) is -0.355. The Labute approximate surface area is 81.6 Å². The van der Waals surface area contributed by atoms with Crippen molar-refractivity contribution in [3.63, 3.8) is 0 Å². The molecule has 0 aliphatic carbocycles. The molecule has 74 valence electrons. The Bertz CT molecular complexity index is 444. The van der Waals surface area contributed by atoms with E-state index in [1.54, 1.807) is 0 Å². The zero-order chi connectivity index (χ0) is 10.6. The van der Waals surface area contributed by atoms with Gasteiger partial charge in [0.25, 0.3) is 0 Å². The lowest BCUT2D eigenvalue weighted by Crippen LogP contribution is -2.11. The lowest BCUT2D eigenvalue weighted by molar-refractivity contribution is 0.319. The van der Waals surface area contributed by atoms with E-state index < -0.39 is 16.4 Å². The Balaban J connectivity index is 3.05. The van der Waals surface area contributed by atoms with Gasteiger partial charge in [0.1, 0.15) is 6.07 Å². The van der Waals surface area contributed by atoms with Crippen LogP contribution in [0.1, 0.15) is 5.56 Å². The van der Waals surface area contributed by atoms with Crippen LogP contribution in [0.3, 0.4) is 0 Å². The van der Waals surface area contributed by atoms with Crippen LogP contribution in [-0.4, -0.2) is 30.9 Å². The number of nitriles is 1. The molecule has 0 saturated carbocycles. The number of aliphatic hydroxyl groups excluding tert-OH is 1. The molecule has 1 heterocycles. The summed E-state index contributed by atoms with van der Waals surface area (Å²) in [7, 11) is -3.51. The van der Waals surface area contributed by atoms with E-state index in [-0.39, 0.29) is 10.8 Å². The fourth-order valence-electron chi connectivity index (χ4n) is 0.855. The first-order chi connectivity index (χ1) is 6.60. The van der Waals surface area contributed by atoms with Gasteiger partial charge < -0.3 is 5.11 Å². The first-order valence-corrected chi connectivity index (χ1v) is 5.45. The van der Waals surface area contributed by atoms with Crippen LogP contribution in [-0.2, 0) is 9.84 Å². The van der Waals surface area contributed by atoms with Crippen molar-refractivity contribution in [1.29, 1.82) is 5.26 Å². The lowest BCUT2D eigenvalue weighted by atomic mass is 10.3. The van der Waals surface area contributed by atoms with Gasteiger partial charge in [-0.05, 0) is 12.1 Å². The molecule has 1 aromatic rings. The van der Waals surface area contributed by atoms with Crippen molar-refractivity contribution in [1.82, 2.24) is 4.98 Å². The molecule has 0 unspecified atom stereocenters. The van der Waals surface area contributed by atoms with Crippen LogP contribution in [0.5, 0.6) is 0 Å². The van der Waals surface area contributed by atoms with Gasteiger partial charge in [0, 0.05) is 6.20 Å². The molecular formula is C8H8N2O3S. The first kappa shape index (κ1) is 10.6. The minimum atomic E-state index is -3.51. The van der Waals surface area contributed by atoms with Crippen molar-refractivity contribution < 1.29 is 13.5 Å². The monoisotopic (exact) mass is 212 g/mol. The first-order valence-electron chi connectivity index (χ1n) is 3.80. The topological polar surface area (TPSA) is 91.0 Å². The van der Waals surface area contributed by atoms with E-state index in [1.165, 1.54) is 18.3 Å². The fourth-order valence-corrected chi connectivity index (χ4v) is 1.79. The number of hydrogen-bond acceptors (Lipinski definition) is 5. The number of rotatable bonds is 3. The molecule has 0 atom stereocenters. The summed E-state index contributed by atoms with van der Waals surface area (Å²) in [5, 5.41) is 16.8. The molecule has 0 amide bonds. The summed E-state index contributed by atoms with van der Waals surface area (Å²) >= 11 is 0. The van der Waals surface area contributed by atoms with Crippen molar-refractivity contribution in [3.8, 4) is 6.07 Å². The van der Waals surface area contributed by atoms with Crippen molar-refractivity contribution in [3.05, 3.63) is 23.9 Å². The SMILES string of the molecule is N#Cc1ccc(S(=O)(=O)CCO)nc1. The van der Waals surface area contributed by atoms with E-state index >= 15 is 0 Å². The van der Waals surface area contributed by atoms with Crippen LogP contribution in [0.2, 0.25) is 0 Å². The predicted octanol–water partition coefficient (Wildman–Crippen LogP) is -0.281. The zero-order valence-corrected chi connectivity index (χ0v) is 8.03. The van der Waals surface area contributed by atoms with E-state index in [0.29, 0.717) is 5.56 Å². The Morgan fingerprint density at radius 1 is 1.50 bits per heavy atom. The Kier molecular flexibility index (Phi) is 3.17. The molecule has 0 aliphatic rings. The highest BCUT2D eigenvalue weighted by molar-refractivity contribution is 7.91. The third kappa shape index (κ3) is 2.28. The van der Waals surface area contributed by atoms with Crippen LogP contribution in [0, 0.1) is 11.3 Å². The molecule has 1 rings (SSSR count). The third-order valence-corrected chi connectivity index (χ3v) is 3.14. The molecule has 0 radical (unpaired) electrons. The summed E-state index contributed by atoms with van der Waals surface area (Å²) in [5.41, 5.74) is 0.299. The Morgan fingerprint density at radius 3 is 2.64 bits per heavy atom. The highest BCUT2D eigenvalue weighted by Gasteiger charge is 2.14. The molecule has 0 spiro atoms. The number of pyridine rings is 1. The summed E-state index contributed by atoms with van der Waals surface area (Å²) in [6.45, 7) is -0.440. The van der Waals surface area contributed by atoms with Gasteiger partial charge in [-0.1, -0.05) is 0 Å². The summed E-state index contributed by atoms with van der Waals surface area (Å²) in [4.78, 5) is 3.62. The summed E-state index contributed by atoms with van der Waals surface area (Å²) in [6.07, 6.45) is 1.18. The van der Waals surface area contributed by atoms with Crippen molar-refractivity contribution in [2.24, 2.45) is 0 Å². The molecule has 5 nitrogen and oxygen atoms in total. The molecule has 0 saturated heterocycles. The lowest BCUT2D eigenvalue weighted by Gasteiger charge is -2.00. The van der Waals surface area contributed by atoms with Crippen LogP contribution >= 0.6 is 0 Å². The average Bonchev–Trinajstić information content (AvgIpc) is 2.18. The van der Waals surface area contributed by atoms with Crippen LogP contribution in [0.4, 0.5) is 0 Å². The van der Waals surface area contributed by atoms with Gasteiger partial charge in [-0.25, -0.2) is 13.4 Å². The van der Waals surface area contributed by atoms with E-state index in [1.807, 2.05) is 6.07 Å². The standard InChI is InChI=1S/C8H8N2O3S/c9-5-7-1-2-8(10-6-7)14(12,13)4-3-11/h1-2,6,11H,3-4H2. The highest BCUT2D eigenvalue weighted by atomic mass is 32.2. The molecule has 0 fully saturated rings. The van der Waals surface area contributed by atoms with Gasteiger partial charge in [0.05, 0.1) is 17.9 Å². The molecular weight excluding hydrogens is 204 g/mol. The van der Waals surface area contributed by atoms with Gasteiger partial charge in [0.15, 0.2) is 14.9 Å². The summed E-state index contributed by atoms with van der Waals surface area (Å²) < 4.78 is 22.7. The second-order valence-corrected chi connectivity index (χ2v) is 4.60. The van der Waals surface area contributed by atoms with Gasteiger partial charge >= 0.3 is 0 Å². The Morgan fingerprint density at radius 2 is 2.21 bits per heavy atom. The predicted molar refractivity (Wildman–Crippen MR) is 48.1 cm³/mol. The van der Waals surface area contributed by atoms with Gasteiger partial charge in [-0.2, -0.15) is 5.26 Å². The summed E-state index contributed by atoms with van der Waals surface area (Å²) in [6, 6.07) is 4.46. The third-order valence-electron chi connectivity index (χ3n) is 1.54. The number of nitrogens with zero attached hydrogens (tertiary/aromatic N) is 2. The molecule has 0 aliphatic heterocycles. The normalized spacial score (nSPS) is 10.9. The molecule has 1 N–H and O–H groups in total. The maximum atomic E-state index is 11.3. The van der Waals surface area contributed by atoms with Crippen molar-refractivity contribution in [2.75, 3.05) is 12.4 Å². The van der Waals surface area contributed by atoms with E-state index in [4.69, 9.17) is 10.4 Å². The Hall–Kier alpha value is -1.45. The van der Waals surface area contributed by atoms with Gasteiger partial charge in [0.2, 0.25) is 0 Å². The van der Waals surface area contributed by atoms with E-state index in [0.717, 1.165) is 0 Å². The second kappa shape index (κ2) is 4.17. The van der Waals surface area contributed by atoms with E-state index in [9.17, 15) is 8.42 Å². The van der Waals surface area contributed by atoms with E-state index in [2.05, 4.69) is 4.98 Å². The largest absolute Gasteiger partial charge is 0.395 e. The average molecular weight is 212 g/mol.